The Kier molecular flexibility index (Phi) is 4.53. The molecule has 0 spiro atoms. The Bertz CT molecular complexity index is 263. The Morgan fingerprint density at radius 3 is 2.25 bits per heavy atom. The zero-order valence-corrected chi connectivity index (χ0v) is 7.50. The smallest absolute Gasteiger partial charge is 0.174 e. The fourth-order valence-electron chi connectivity index (χ4n) is 0.675. The van der Waals surface area contributed by atoms with Crippen molar-refractivity contribution >= 4 is 18.0 Å². The van der Waals surface area contributed by atoms with E-state index < -0.39 is 0 Å². The van der Waals surface area contributed by atoms with Crippen LogP contribution in [-0.4, -0.2) is 5.16 Å². The van der Waals surface area contributed by atoms with Gasteiger partial charge in [-0.25, -0.2) is 0 Å². The topological polar surface area (TPSA) is 52.0 Å². The first-order valence-corrected chi connectivity index (χ1v) is 3.79. The van der Waals surface area contributed by atoms with Crippen molar-refractivity contribution < 1.29 is 4.52 Å². The summed E-state index contributed by atoms with van der Waals surface area (Å²) in [6.07, 6.45) is 3.13. The highest BCUT2D eigenvalue weighted by Crippen LogP contribution is 2.17. The molecule has 0 amide bonds. The molecule has 0 atom stereocenters. The summed E-state index contributed by atoms with van der Waals surface area (Å²) in [4.78, 5) is 0. The quantitative estimate of drug-likeness (QED) is 0.734. The standard InChI is InChI=1S/C7H8N2O.C2H6/c1-3-5-6(4-2)10-9-7(5)8;1-2/h3-4H,1-2H2,(H2,8,9);1-2H3. The van der Waals surface area contributed by atoms with Gasteiger partial charge in [0, 0.05) is 0 Å². The number of aromatic nitrogens is 1. The molecule has 1 heterocycles. The van der Waals surface area contributed by atoms with Crippen LogP contribution in [0.2, 0.25) is 0 Å². The minimum atomic E-state index is 0.352. The van der Waals surface area contributed by atoms with E-state index in [1.54, 1.807) is 12.2 Å². The van der Waals surface area contributed by atoms with Crippen molar-refractivity contribution in [1.82, 2.24) is 5.16 Å². The van der Waals surface area contributed by atoms with Crippen LogP contribution in [0, 0.1) is 0 Å². The van der Waals surface area contributed by atoms with Crippen LogP contribution in [-0.2, 0) is 0 Å². The van der Waals surface area contributed by atoms with E-state index in [4.69, 9.17) is 10.3 Å². The van der Waals surface area contributed by atoms with Crippen molar-refractivity contribution in [1.29, 1.82) is 0 Å². The lowest BCUT2D eigenvalue weighted by Crippen LogP contribution is -1.85. The van der Waals surface area contributed by atoms with E-state index in [1.807, 2.05) is 13.8 Å². The molecule has 3 heteroatoms. The molecule has 0 saturated heterocycles. The zero-order valence-electron chi connectivity index (χ0n) is 7.50. The predicted octanol–water partition coefficient (Wildman–Crippen LogP) is 2.57. The number of nitrogens with zero attached hydrogens (tertiary/aromatic N) is 1. The van der Waals surface area contributed by atoms with E-state index in [2.05, 4.69) is 18.3 Å². The second-order valence-corrected chi connectivity index (χ2v) is 1.75. The van der Waals surface area contributed by atoms with E-state index in [1.165, 1.54) is 0 Å². The Morgan fingerprint density at radius 2 is 1.92 bits per heavy atom. The normalized spacial score (nSPS) is 8.17. The number of rotatable bonds is 2. The minimum Gasteiger partial charge on any atom is -0.380 e. The van der Waals surface area contributed by atoms with Gasteiger partial charge >= 0.3 is 0 Å². The molecule has 0 fully saturated rings. The van der Waals surface area contributed by atoms with Gasteiger partial charge < -0.3 is 10.3 Å². The van der Waals surface area contributed by atoms with Crippen LogP contribution in [0.1, 0.15) is 25.2 Å². The molecule has 0 radical (unpaired) electrons. The molecule has 66 valence electrons. The van der Waals surface area contributed by atoms with Gasteiger partial charge in [-0.3, -0.25) is 0 Å². The Labute approximate surface area is 72.6 Å². The maximum Gasteiger partial charge on any atom is 0.174 e. The summed E-state index contributed by atoms with van der Waals surface area (Å²) in [5.41, 5.74) is 6.11. The van der Waals surface area contributed by atoms with Gasteiger partial charge in [-0.2, -0.15) is 0 Å². The molecule has 1 aromatic heterocycles. The molecule has 0 saturated carbocycles. The minimum absolute atomic E-state index is 0.352. The SMILES string of the molecule is C=Cc1onc(N)c1C=C.CC. The highest BCUT2D eigenvalue weighted by Gasteiger charge is 2.05. The summed E-state index contributed by atoms with van der Waals surface area (Å²) in [6, 6.07) is 0. The summed E-state index contributed by atoms with van der Waals surface area (Å²) in [5.74, 6) is 0.914. The van der Waals surface area contributed by atoms with Gasteiger partial charge in [0.05, 0.1) is 5.56 Å². The predicted molar refractivity (Wildman–Crippen MR) is 52.4 cm³/mol. The first kappa shape index (κ1) is 10.5. The average Bonchev–Trinajstić information content (AvgIpc) is 2.49. The molecule has 0 aromatic carbocycles. The third-order valence-electron chi connectivity index (χ3n) is 1.17. The van der Waals surface area contributed by atoms with Crippen molar-refractivity contribution in [3.63, 3.8) is 0 Å². The molecular formula is C9H14N2O. The van der Waals surface area contributed by atoms with Gasteiger partial charge in [-0.05, 0) is 6.08 Å². The number of hydrogen-bond acceptors (Lipinski definition) is 3. The third-order valence-corrected chi connectivity index (χ3v) is 1.17. The fraction of sp³-hybridized carbons (Fsp3) is 0.222. The largest absolute Gasteiger partial charge is 0.380 e. The number of hydrogen-bond donors (Lipinski definition) is 1. The molecule has 0 aliphatic heterocycles. The lowest BCUT2D eigenvalue weighted by molar-refractivity contribution is 0.416. The summed E-state index contributed by atoms with van der Waals surface area (Å²) >= 11 is 0. The Balaban J connectivity index is 0.000000561. The van der Waals surface area contributed by atoms with Crippen LogP contribution < -0.4 is 5.73 Å². The van der Waals surface area contributed by atoms with Gasteiger partial charge in [-0.1, -0.05) is 38.2 Å². The van der Waals surface area contributed by atoms with Gasteiger partial charge in [0.2, 0.25) is 0 Å². The van der Waals surface area contributed by atoms with Crippen LogP contribution in [0.25, 0.3) is 12.2 Å². The summed E-state index contributed by atoms with van der Waals surface area (Å²) < 4.78 is 4.77. The van der Waals surface area contributed by atoms with Crippen LogP contribution >= 0.6 is 0 Å². The van der Waals surface area contributed by atoms with Crippen molar-refractivity contribution in [2.45, 2.75) is 13.8 Å². The molecule has 12 heavy (non-hydrogen) atoms. The van der Waals surface area contributed by atoms with E-state index in [-0.39, 0.29) is 0 Å². The van der Waals surface area contributed by atoms with Gasteiger partial charge in [0.15, 0.2) is 11.6 Å². The molecule has 1 aromatic rings. The number of nitrogen functional groups attached to an aromatic ring is 1. The molecule has 0 bridgehead atoms. The molecule has 0 aliphatic rings. The van der Waals surface area contributed by atoms with E-state index >= 15 is 0 Å². The number of anilines is 1. The monoisotopic (exact) mass is 166 g/mol. The van der Waals surface area contributed by atoms with Gasteiger partial charge in [-0.15, -0.1) is 0 Å². The van der Waals surface area contributed by atoms with Crippen LogP contribution in [0.3, 0.4) is 0 Å². The average molecular weight is 166 g/mol. The second-order valence-electron chi connectivity index (χ2n) is 1.75. The van der Waals surface area contributed by atoms with E-state index in [0.717, 1.165) is 0 Å². The fourth-order valence-corrected chi connectivity index (χ4v) is 0.675. The Hall–Kier alpha value is -1.51. The lowest BCUT2D eigenvalue weighted by atomic mass is 10.2. The van der Waals surface area contributed by atoms with E-state index in [0.29, 0.717) is 17.1 Å². The first-order valence-electron chi connectivity index (χ1n) is 3.79. The second kappa shape index (κ2) is 5.18. The number of nitrogens with two attached hydrogens (primary N) is 1. The molecule has 2 N–H and O–H groups in total. The molecule has 0 aliphatic carbocycles. The van der Waals surface area contributed by atoms with E-state index in [9.17, 15) is 0 Å². The summed E-state index contributed by atoms with van der Waals surface area (Å²) in [6.45, 7) is 11.1. The zero-order chi connectivity index (χ0) is 9.56. The summed E-state index contributed by atoms with van der Waals surface area (Å²) in [7, 11) is 0. The van der Waals surface area contributed by atoms with Crippen molar-refractivity contribution in [2.24, 2.45) is 0 Å². The highest BCUT2D eigenvalue weighted by atomic mass is 16.5. The molecule has 0 unspecified atom stereocenters. The maximum absolute atomic E-state index is 5.40. The van der Waals surface area contributed by atoms with Crippen LogP contribution in [0.4, 0.5) is 5.82 Å². The maximum atomic E-state index is 5.40. The summed E-state index contributed by atoms with van der Waals surface area (Å²) in [5, 5.41) is 3.52. The van der Waals surface area contributed by atoms with Crippen molar-refractivity contribution in [3.8, 4) is 0 Å². The molecule has 3 nitrogen and oxygen atoms in total. The van der Waals surface area contributed by atoms with Crippen LogP contribution in [0.15, 0.2) is 17.7 Å². The van der Waals surface area contributed by atoms with Crippen molar-refractivity contribution in [2.75, 3.05) is 5.73 Å². The Morgan fingerprint density at radius 1 is 1.33 bits per heavy atom. The molecular weight excluding hydrogens is 152 g/mol. The third kappa shape index (κ3) is 1.99. The van der Waals surface area contributed by atoms with Gasteiger partial charge in [0.1, 0.15) is 0 Å². The lowest BCUT2D eigenvalue weighted by Gasteiger charge is -1.84. The highest BCUT2D eigenvalue weighted by molar-refractivity contribution is 5.67. The van der Waals surface area contributed by atoms with Crippen molar-refractivity contribution in [3.05, 3.63) is 24.5 Å². The van der Waals surface area contributed by atoms with Gasteiger partial charge in [0.25, 0.3) is 0 Å². The first-order chi connectivity index (χ1) is 5.79. The molecule has 1 rings (SSSR count). The van der Waals surface area contributed by atoms with Crippen LogP contribution in [0.5, 0.6) is 0 Å².